The molecular formula is C25H28ClFN4O4. The van der Waals surface area contributed by atoms with Crippen molar-refractivity contribution < 1.29 is 23.3 Å². The summed E-state index contributed by atoms with van der Waals surface area (Å²) in [4.78, 5) is 11.2. The van der Waals surface area contributed by atoms with Gasteiger partial charge in [0, 0.05) is 44.4 Å². The predicted molar refractivity (Wildman–Crippen MR) is 130 cm³/mol. The van der Waals surface area contributed by atoms with Crippen LogP contribution in [0.25, 0.3) is 10.9 Å². The lowest BCUT2D eigenvalue weighted by atomic mass is 10.0. The van der Waals surface area contributed by atoms with E-state index < -0.39 is 5.82 Å². The van der Waals surface area contributed by atoms with Gasteiger partial charge >= 0.3 is 0 Å². The number of benzene rings is 2. The van der Waals surface area contributed by atoms with Gasteiger partial charge in [0.05, 0.1) is 48.5 Å². The van der Waals surface area contributed by atoms with E-state index in [2.05, 4.69) is 20.2 Å². The van der Waals surface area contributed by atoms with E-state index in [0.717, 1.165) is 51.4 Å². The first kappa shape index (κ1) is 24.1. The molecule has 8 nitrogen and oxygen atoms in total. The summed E-state index contributed by atoms with van der Waals surface area (Å²) in [6.07, 6.45) is 2.12. The zero-order chi connectivity index (χ0) is 24.0. The Hall–Kier alpha value is -2.56. The maximum Gasteiger partial charge on any atom is 0.230 e. The highest BCUT2D eigenvalue weighted by Gasteiger charge is 2.23. The fraction of sp³-hybridized carbons (Fsp3) is 0.440. The highest BCUT2D eigenvalue weighted by atomic mass is 35.5. The highest BCUT2D eigenvalue weighted by Crippen LogP contribution is 2.38. The van der Waals surface area contributed by atoms with Gasteiger partial charge in [-0.05, 0) is 30.7 Å². The number of morpholine rings is 2. The van der Waals surface area contributed by atoms with Crippen molar-refractivity contribution in [2.45, 2.75) is 12.5 Å². The van der Waals surface area contributed by atoms with Gasteiger partial charge in [-0.15, -0.1) is 0 Å². The van der Waals surface area contributed by atoms with Crippen LogP contribution in [0.15, 0.2) is 36.7 Å². The summed E-state index contributed by atoms with van der Waals surface area (Å²) in [5.41, 5.74) is 1.54. The third kappa shape index (κ3) is 5.99. The van der Waals surface area contributed by atoms with Crippen molar-refractivity contribution in [1.29, 1.82) is 0 Å². The summed E-state index contributed by atoms with van der Waals surface area (Å²) < 4.78 is 37.1. The molecule has 2 saturated heterocycles. The summed E-state index contributed by atoms with van der Waals surface area (Å²) in [6.45, 7) is 7.08. The molecule has 2 fully saturated rings. The Bertz CT molecular complexity index is 1160. The summed E-state index contributed by atoms with van der Waals surface area (Å²) in [6, 6.07) is 7.83. The molecule has 0 radical (unpaired) electrons. The van der Waals surface area contributed by atoms with Crippen molar-refractivity contribution >= 4 is 22.5 Å². The number of nitrogens with zero attached hydrogens (tertiary/aromatic N) is 3. The molecule has 5 rings (SSSR count). The van der Waals surface area contributed by atoms with E-state index in [4.69, 9.17) is 30.5 Å². The number of ether oxygens (including phenoxy) is 4. The number of rotatable bonds is 8. The first-order valence-electron chi connectivity index (χ1n) is 11.8. The van der Waals surface area contributed by atoms with E-state index in [1.807, 2.05) is 12.1 Å². The summed E-state index contributed by atoms with van der Waals surface area (Å²) in [5, 5.41) is 4.24. The Morgan fingerprint density at radius 1 is 1.14 bits per heavy atom. The Morgan fingerprint density at radius 3 is 2.83 bits per heavy atom. The summed E-state index contributed by atoms with van der Waals surface area (Å²) in [7, 11) is 0. The maximum atomic E-state index is 13.5. The average Bonchev–Trinajstić information content (AvgIpc) is 2.89. The maximum absolute atomic E-state index is 13.5. The second-order valence-corrected chi connectivity index (χ2v) is 8.89. The van der Waals surface area contributed by atoms with E-state index in [0.29, 0.717) is 48.0 Å². The molecule has 0 spiro atoms. The van der Waals surface area contributed by atoms with Crippen LogP contribution < -0.4 is 14.8 Å². The fourth-order valence-electron chi connectivity index (χ4n) is 4.31. The molecule has 2 aliphatic rings. The lowest BCUT2D eigenvalue weighted by molar-refractivity contribution is 0.0283. The molecule has 0 saturated carbocycles. The van der Waals surface area contributed by atoms with Gasteiger partial charge in [-0.2, -0.15) is 0 Å². The molecular weight excluding hydrogens is 475 g/mol. The van der Waals surface area contributed by atoms with E-state index in [-0.39, 0.29) is 11.1 Å². The van der Waals surface area contributed by atoms with Gasteiger partial charge in [0.25, 0.3) is 0 Å². The van der Waals surface area contributed by atoms with Crippen LogP contribution in [-0.4, -0.2) is 74.0 Å². The molecule has 35 heavy (non-hydrogen) atoms. The molecule has 10 heteroatoms. The first-order valence-corrected chi connectivity index (χ1v) is 12.2. The molecule has 1 aromatic heterocycles. The van der Waals surface area contributed by atoms with E-state index in [1.165, 1.54) is 24.5 Å². The molecule has 2 aromatic carbocycles. The van der Waals surface area contributed by atoms with Crippen LogP contribution >= 0.6 is 11.6 Å². The normalized spacial score (nSPS) is 19.1. The van der Waals surface area contributed by atoms with Gasteiger partial charge in [0.1, 0.15) is 23.6 Å². The molecule has 186 valence electrons. The second kappa shape index (κ2) is 11.5. The number of aromatic nitrogens is 2. The molecule has 0 amide bonds. The lowest BCUT2D eigenvalue weighted by Gasteiger charge is -2.27. The number of fused-ring (bicyclic) bond motifs is 1. The minimum atomic E-state index is -0.437. The van der Waals surface area contributed by atoms with Crippen molar-refractivity contribution in [3.63, 3.8) is 0 Å². The number of nitrogens with one attached hydrogen (secondary N) is 1. The fourth-order valence-corrected chi connectivity index (χ4v) is 4.52. The molecule has 1 unspecified atom stereocenters. The molecule has 3 aromatic rings. The summed E-state index contributed by atoms with van der Waals surface area (Å²) in [5.74, 6) is 0.914. The van der Waals surface area contributed by atoms with Gasteiger partial charge in [-0.1, -0.05) is 11.6 Å². The van der Waals surface area contributed by atoms with Crippen molar-refractivity contribution in [3.05, 3.63) is 53.1 Å². The van der Waals surface area contributed by atoms with Crippen molar-refractivity contribution in [1.82, 2.24) is 20.2 Å². The van der Waals surface area contributed by atoms with Crippen molar-refractivity contribution in [2.75, 3.05) is 59.2 Å². The molecule has 1 atom stereocenters. The third-order valence-corrected chi connectivity index (χ3v) is 6.37. The minimum absolute atomic E-state index is 0.161. The second-order valence-electron chi connectivity index (χ2n) is 8.48. The number of halogens is 2. The average molecular weight is 503 g/mol. The largest absolute Gasteiger partial charge is 0.493 e. The molecule has 3 heterocycles. The monoisotopic (exact) mass is 502 g/mol. The molecule has 1 N–H and O–H groups in total. The lowest BCUT2D eigenvalue weighted by Crippen LogP contribution is -2.37. The van der Waals surface area contributed by atoms with Crippen LogP contribution in [0.2, 0.25) is 5.02 Å². The van der Waals surface area contributed by atoms with Gasteiger partial charge in [-0.25, -0.2) is 14.4 Å². The molecule has 0 bridgehead atoms. The highest BCUT2D eigenvalue weighted by molar-refractivity contribution is 6.32. The van der Waals surface area contributed by atoms with Crippen LogP contribution in [0.3, 0.4) is 0 Å². The third-order valence-electron chi connectivity index (χ3n) is 6.07. The predicted octanol–water partition coefficient (Wildman–Crippen LogP) is 3.98. The standard InChI is InChI=1S/C25H28ClFN4O4/c26-20-12-17(27)2-3-22(20)35-25-24-19(23-15-28-4-9-34-23)13-18(14-21(24)29-16-30-25)33-8-1-5-31-6-10-32-11-7-31/h2-3,12-14,16,23,28H,1,4-11,15H2. The van der Waals surface area contributed by atoms with E-state index in [9.17, 15) is 4.39 Å². The first-order chi connectivity index (χ1) is 17.2. The smallest absolute Gasteiger partial charge is 0.230 e. The van der Waals surface area contributed by atoms with Crippen LogP contribution in [-0.2, 0) is 9.47 Å². The molecule has 0 aliphatic carbocycles. The van der Waals surface area contributed by atoms with Gasteiger partial charge in [-0.3, -0.25) is 4.90 Å². The zero-order valence-electron chi connectivity index (χ0n) is 19.3. The van der Waals surface area contributed by atoms with Crippen LogP contribution in [0.4, 0.5) is 4.39 Å². The van der Waals surface area contributed by atoms with E-state index >= 15 is 0 Å². The molecule has 2 aliphatic heterocycles. The topological polar surface area (TPSA) is 78.0 Å². The van der Waals surface area contributed by atoms with Crippen molar-refractivity contribution in [3.8, 4) is 17.4 Å². The Labute approximate surface area is 208 Å². The van der Waals surface area contributed by atoms with Crippen molar-refractivity contribution in [2.24, 2.45) is 0 Å². The minimum Gasteiger partial charge on any atom is -0.493 e. The SMILES string of the molecule is Fc1ccc(Oc2ncnc3cc(OCCCN4CCOCC4)cc(C4CNCCO4)c23)c(Cl)c1. The summed E-state index contributed by atoms with van der Waals surface area (Å²) >= 11 is 6.20. The van der Waals surface area contributed by atoms with E-state index in [1.54, 1.807) is 0 Å². The zero-order valence-corrected chi connectivity index (χ0v) is 20.1. The Kier molecular flexibility index (Phi) is 7.90. The Balaban J connectivity index is 1.40. The quantitative estimate of drug-likeness (QED) is 0.463. The van der Waals surface area contributed by atoms with Crippen LogP contribution in [0.5, 0.6) is 17.4 Å². The van der Waals surface area contributed by atoms with Crippen LogP contribution in [0, 0.1) is 5.82 Å². The number of hydrogen-bond acceptors (Lipinski definition) is 8. The number of hydrogen-bond donors (Lipinski definition) is 1. The van der Waals surface area contributed by atoms with Gasteiger partial charge in [0.15, 0.2) is 0 Å². The van der Waals surface area contributed by atoms with Gasteiger partial charge in [0.2, 0.25) is 5.88 Å². The van der Waals surface area contributed by atoms with Crippen LogP contribution in [0.1, 0.15) is 18.1 Å². The Morgan fingerprint density at radius 2 is 2.03 bits per heavy atom. The van der Waals surface area contributed by atoms with Gasteiger partial charge < -0.3 is 24.3 Å².